The van der Waals surface area contributed by atoms with Gasteiger partial charge >= 0.3 is 112 Å². The van der Waals surface area contributed by atoms with Gasteiger partial charge in [0, 0.05) is 0 Å². The van der Waals surface area contributed by atoms with Crippen molar-refractivity contribution in [2.45, 2.75) is 26.4 Å². The summed E-state index contributed by atoms with van der Waals surface area (Å²) >= 11 is 0.0599. The fraction of sp³-hybridized carbons (Fsp3) is 0.385. The zero-order chi connectivity index (χ0) is 12.9. The molecule has 0 N–H and O–H groups in total. The number of rotatable bonds is 1. The summed E-state index contributed by atoms with van der Waals surface area (Å²) in [7, 11) is 1.67. The molecule has 4 nitrogen and oxygen atoms in total. The van der Waals surface area contributed by atoms with Crippen LogP contribution in [0.5, 0.6) is 11.5 Å². The second kappa shape index (κ2) is 3.84. The molecule has 1 aliphatic heterocycles. The average molecular weight is 309 g/mol. The van der Waals surface area contributed by atoms with E-state index in [2.05, 4.69) is 23.0 Å². The Morgan fingerprint density at radius 3 is 2.83 bits per heavy atom. The van der Waals surface area contributed by atoms with Crippen molar-refractivity contribution in [3.05, 3.63) is 22.1 Å². The number of ether oxygens (including phenoxy) is 2. The van der Waals surface area contributed by atoms with Gasteiger partial charge in [-0.25, -0.2) is 0 Å². The molecule has 18 heavy (non-hydrogen) atoms. The zero-order valence-corrected chi connectivity index (χ0v) is 12.5. The van der Waals surface area contributed by atoms with E-state index >= 15 is 0 Å². The summed E-state index contributed by atoms with van der Waals surface area (Å²) in [5.74, 6) is 1.71. The third-order valence-corrected chi connectivity index (χ3v) is 5.39. The van der Waals surface area contributed by atoms with Crippen LogP contribution in [0.25, 0.3) is 11.3 Å². The van der Waals surface area contributed by atoms with Gasteiger partial charge in [0.2, 0.25) is 0 Å². The second-order valence-corrected chi connectivity index (χ2v) is 6.41. The first kappa shape index (κ1) is 11.8. The Labute approximate surface area is 112 Å². The van der Waals surface area contributed by atoms with Crippen molar-refractivity contribution in [3.63, 3.8) is 0 Å². The van der Waals surface area contributed by atoms with Crippen LogP contribution in [-0.4, -0.2) is 31.0 Å². The maximum absolute atomic E-state index is 6.16. The van der Waals surface area contributed by atoms with Gasteiger partial charge in [0.25, 0.3) is 0 Å². The monoisotopic (exact) mass is 310 g/mol. The first-order valence-corrected chi connectivity index (χ1v) is 7.36. The fourth-order valence-corrected chi connectivity index (χ4v) is 3.75. The van der Waals surface area contributed by atoms with Gasteiger partial charge in [-0.15, -0.1) is 0 Å². The first-order chi connectivity index (χ1) is 8.54. The van der Waals surface area contributed by atoms with Crippen LogP contribution < -0.4 is 9.47 Å². The summed E-state index contributed by atoms with van der Waals surface area (Å²) in [6.45, 7) is 6.15. The number of fused-ring (bicyclic) bond motifs is 3. The second-order valence-electron chi connectivity index (χ2n) is 4.83. The predicted octanol–water partition coefficient (Wildman–Crippen LogP) is 2.15. The summed E-state index contributed by atoms with van der Waals surface area (Å²) < 4.78 is 16.9. The Bertz CT molecular complexity index is 619. The normalized spacial score (nSPS) is 15.6. The number of nitrogens with zero attached hydrogens (tertiary/aromatic N) is 2. The Morgan fingerprint density at radius 1 is 1.33 bits per heavy atom. The molecule has 1 aromatic carbocycles. The molecule has 0 bridgehead atoms. The third-order valence-electron chi connectivity index (χ3n) is 3.22. The molecule has 0 radical (unpaired) electrons. The predicted molar refractivity (Wildman–Crippen MR) is 69.4 cm³/mol. The van der Waals surface area contributed by atoms with E-state index < -0.39 is 0 Å². The van der Waals surface area contributed by atoms with Crippen molar-refractivity contribution in [2.24, 2.45) is 0 Å². The van der Waals surface area contributed by atoms with Gasteiger partial charge in [0.05, 0.1) is 0 Å². The van der Waals surface area contributed by atoms with Crippen LogP contribution in [0, 0.1) is 6.92 Å². The molecule has 1 aromatic heterocycles. The Hall–Kier alpha value is -1.32. The van der Waals surface area contributed by atoms with Crippen LogP contribution in [0.3, 0.4) is 0 Å². The van der Waals surface area contributed by atoms with Crippen LogP contribution in [0.15, 0.2) is 12.1 Å². The zero-order valence-electron chi connectivity index (χ0n) is 10.8. The van der Waals surface area contributed by atoms with E-state index in [9.17, 15) is 0 Å². The minimum atomic E-state index is -0.330. The average Bonchev–Trinajstić information content (AvgIpc) is 2.81. The molecule has 2 heterocycles. The van der Waals surface area contributed by atoms with Gasteiger partial charge in [-0.2, -0.15) is 0 Å². The number of hydrogen-bond donors (Lipinski definition) is 0. The van der Waals surface area contributed by atoms with Crippen LogP contribution in [-0.2, 0) is 5.60 Å². The van der Waals surface area contributed by atoms with Crippen molar-refractivity contribution in [1.82, 2.24) is 9.19 Å². The molecule has 3 rings (SSSR count). The van der Waals surface area contributed by atoms with Crippen molar-refractivity contribution in [2.75, 3.05) is 7.11 Å². The quantitative estimate of drug-likeness (QED) is 0.757. The van der Waals surface area contributed by atoms with Crippen molar-refractivity contribution >= 4 is 14.7 Å². The van der Waals surface area contributed by atoms with Gasteiger partial charge in [-0.3, -0.25) is 0 Å². The van der Waals surface area contributed by atoms with Gasteiger partial charge < -0.3 is 0 Å². The topological polar surface area (TPSA) is 44.2 Å². The van der Waals surface area contributed by atoms with E-state index in [4.69, 9.17) is 9.47 Å². The molecule has 0 fully saturated rings. The molecule has 0 saturated heterocycles. The van der Waals surface area contributed by atoms with Crippen LogP contribution >= 0.6 is 0 Å². The van der Waals surface area contributed by atoms with Crippen molar-refractivity contribution in [1.29, 1.82) is 0 Å². The molecule has 0 atom stereocenters. The maximum atomic E-state index is 6.16. The van der Waals surface area contributed by atoms with E-state index in [0.29, 0.717) is 0 Å². The number of methoxy groups -OCH3 is 1. The van der Waals surface area contributed by atoms with Crippen molar-refractivity contribution in [3.8, 4) is 22.8 Å². The molecular formula is C13H14N2O2Se. The summed E-state index contributed by atoms with van der Waals surface area (Å²) in [4.78, 5) is 0. The molecule has 1 aliphatic rings. The number of aromatic nitrogens is 2. The van der Waals surface area contributed by atoms with E-state index in [1.54, 1.807) is 7.11 Å². The third kappa shape index (κ3) is 1.51. The Morgan fingerprint density at radius 2 is 2.11 bits per heavy atom. The molecule has 0 saturated carbocycles. The van der Waals surface area contributed by atoms with E-state index in [1.165, 1.54) is 4.44 Å². The number of benzene rings is 1. The Kier molecular flexibility index (Phi) is 2.50. The minimum absolute atomic E-state index is 0.0599. The van der Waals surface area contributed by atoms with Crippen LogP contribution in [0.1, 0.15) is 23.8 Å². The summed E-state index contributed by atoms with van der Waals surface area (Å²) in [5.41, 5.74) is 2.71. The first-order valence-electron chi connectivity index (χ1n) is 5.74. The van der Waals surface area contributed by atoms with Crippen molar-refractivity contribution < 1.29 is 9.47 Å². The van der Waals surface area contributed by atoms with E-state index in [0.717, 1.165) is 28.3 Å². The fourth-order valence-electron chi connectivity index (χ4n) is 2.28. The van der Waals surface area contributed by atoms with Gasteiger partial charge in [-0.05, 0) is 0 Å². The van der Waals surface area contributed by atoms with Gasteiger partial charge in [-0.1, -0.05) is 0 Å². The van der Waals surface area contributed by atoms with Crippen LogP contribution in [0.2, 0.25) is 0 Å². The molecule has 0 unspecified atom stereocenters. The molecule has 0 amide bonds. The SMILES string of the molecule is COc1ccc2c(c1C)OC(C)(C)c1[se]nnc1-2. The van der Waals surface area contributed by atoms with Crippen LogP contribution in [0.4, 0.5) is 0 Å². The standard InChI is InChI=1S/C13H14N2O2Se/c1-7-9(16-4)6-5-8-10-12(18-15-14-10)13(2,3)17-11(7)8/h5-6H,1-4H3. The molecule has 0 spiro atoms. The number of hydrogen-bond acceptors (Lipinski definition) is 4. The van der Waals surface area contributed by atoms with Gasteiger partial charge in [0.15, 0.2) is 0 Å². The summed E-state index contributed by atoms with van der Waals surface area (Å²) in [6.07, 6.45) is 0. The van der Waals surface area contributed by atoms with E-state index in [1.807, 2.05) is 19.1 Å². The molecule has 5 heteroatoms. The Balaban J connectivity index is 2.29. The summed E-state index contributed by atoms with van der Waals surface area (Å²) in [6, 6.07) is 3.97. The van der Waals surface area contributed by atoms with E-state index in [-0.39, 0.29) is 20.3 Å². The summed E-state index contributed by atoms with van der Waals surface area (Å²) in [5, 5.41) is 4.30. The molecular weight excluding hydrogens is 295 g/mol. The molecule has 94 valence electrons. The molecule has 0 aliphatic carbocycles. The molecule has 2 aromatic rings. The van der Waals surface area contributed by atoms with Gasteiger partial charge in [0.1, 0.15) is 0 Å².